The molecule has 2 atom stereocenters. The second-order valence-corrected chi connectivity index (χ2v) is 8.98. The van der Waals surface area contributed by atoms with Gasteiger partial charge >= 0.3 is 0 Å². The Hall–Kier alpha value is -2.82. The Kier molecular flexibility index (Phi) is 4.45. The lowest BCUT2D eigenvalue weighted by Gasteiger charge is -2.60. The second kappa shape index (κ2) is 6.61. The fourth-order valence-electron chi connectivity index (χ4n) is 5.24. The zero-order valence-corrected chi connectivity index (χ0v) is 17.5. The Morgan fingerprint density at radius 2 is 1.72 bits per heavy atom. The highest BCUT2D eigenvalue weighted by Gasteiger charge is 2.57. The standard InChI is InChI=1S/C24H28N2O3/c1-23(2)20-14-17-18(6-5-7-19(17)27)24(23,3)12-13-26(20)22(29)16-10-8-15(9-11-16)21(28)25-4/h5-11,20,27H,12-14H2,1-4H3,(H,25,28). The topological polar surface area (TPSA) is 69.6 Å². The lowest BCUT2D eigenvalue weighted by atomic mass is 9.51. The van der Waals surface area contributed by atoms with Crippen LogP contribution in [0.25, 0.3) is 0 Å². The summed E-state index contributed by atoms with van der Waals surface area (Å²) in [5.74, 6) is 0.129. The Morgan fingerprint density at radius 3 is 2.38 bits per heavy atom. The van der Waals surface area contributed by atoms with Crippen LogP contribution >= 0.6 is 0 Å². The molecule has 0 saturated carbocycles. The molecule has 29 heavy (non-hydrogen) atoms. The molecule has 2 aliphatic rings. The van der Waals surface area contributed by atoms with Gasteiger partial charge in [0.25, 0.3) is 11.8 Å². The zero-order chi connectivity index (χ0) is 21.0. The number of rotatable bonds is 2. The Balaban J connectivity index is 1.70. The molecule has 5 nitrogen and oxygen atoms in total. The Morgan fingerprint density at radius 1 is 1.07 bits per heavy atom. The van der Waals surface area contributed by atoms with Crippen molar-refractivity contribution in [2.75, 3.05) is 13.6 Å². The molecule has 1 heterocycles. The molecule has 1 aliphatic heterocycles. The van der Waals surface area contributed by atoms with Crippen molar-refractivity contribution in [1.82, 2.24) is 10.2 Å². The number of carbonyl (C=O) groups is 2. The average Bonchev–Trinajstić information content (AvgIpc) is 2.70. The fourth-order valence-corrected chi connectivity index (χ4v) is 5.24. The normalized spacial score (nSPS) is 24.6. The minimum absolute atomic E-state index is 0.00633. The van der Waals surface area contributed by atoms with Gasteiger partial charge in [-0.2, -0.15) is 0 Å². The molecule has 1 fully saturated rings. The van der Waals surface area contributed by atoms with Crippen LogP contribution in [0.5, 0.6) is 5.75 Å². The molecule has 2 aromatic carbocycles. The predicted octanol–water partition coefficient (Wildman–Crippen LogP) is 3.51. The molecular weight excluding hydrogens is 364 g/mol. The second-order valence-electron chi connectivity index (χ2n) is 8.98. The number of phenolic OH excluding ortho intramolecular Hbond substituents is 1. The highest BCUT2D eigenvalue weighted by Crippen LogP contribution is 2.57. The summed E-state index contributed by atoms with van der Waals surface area (Å²) in [5, 5.41) is 13.1. The van der Waals surface area contributed by atoms with E-state index < -0.39 is 0 Å². The van der Waals surface area contributed by atoms with Crippen molar-refractivity contribution in [2.24, 2.45) is 5.41 Å². The molecule has 1 saturated heterocycles. The summed E-state index contributed by atoms with van der Waals surface area (Å²) in [6.07, 6.45) is 1.49. The molecule has 4 rings (SSSR count). The number of fused-ring (bicyclic) bond motifs is 4. The molecule has 2 N–H and O–H groups in total. The van der Waals surface area contributed by atoms with Crippen LogP contribution in [0.1, 0.15) is 59.0 Å². The molecule has 0 aromatic heterocycles. The van der Waals surface area contributed by atoms with Gasteiger partial charge in [-0.15, -0.1) is 0 Å². The quantitative estimate of drug-likeness (QED) is 0.822. The third-order valence-corrected chi connectivity index (χ3v) is 7.51. The summed E-state index contributed by atoms with van der Waals surface area (Å²) >= 11 is 0. The fraction of sp³-hybridized carbons (Fsp3) is 0.417. The van der Waals surface area contributed by atoms with Gasteiger partial charge in [0.05, 0.1) is 0 Å². The number of phenols is 1. The van der Waals surface area contributed by atoms with E-state index in [1.807, 2.05) is 11.0 Å². The molecule has 2 bridgehead atoms. The van der Waals surface area contributed by atoms with Crippen LogP contribution in [0.2, 0.25) is 0 Å². The molecular formula is C24H28N2O3. The first kappa shape index (κ1) is 19.5. The number of hydrogen-bond donors (Lipinski definition) is 2. The van der Waals surface area contributed by atoms with Gasteiger partial charge in [0.2, 0.25) is 0 Å². The Labute approximate surface area is 171 Å². The molecule has 1 aliphatic carbocycles. The predicted molar refractivity (Wildman–Crippen MR) is 112 cm³/mol. The van der Waals surface area contributed by atoms with Crippen molar-refractivity contribution in [3.63, 3.8) is 0 Å². The first-order valence-corrected chi connectivity index (χ1v) is 10.1. The van der Waals surface area contributed by atoms with E-state index in [0.29, 0.717) is 29.8 Å². The van der Waals surface area contributed by atoms with Gasteiger partial charge in [-0.25, -0.2) is 0 Å². The molecule has 2 amide bonds. The summed E-state index contributed by atoms with van der Waals surface area (Å²) in [6.45, 7) is 7.41. The van der Waals surface area contributed by atoms with Crippen LogP contribution in [-0.2, 0) is 11.8 Å². The van der Waals surface area contributed by atoms with Crippen LogP contribution in [-0.4, -0.2) is 41.5 Å². The number of hydrogen-bond acceptors (Lipinski definition) is 3. The van der Waals surface area contributed by atoms with Crippen LogP contribution in [0.3, 0.4) is 0 Å². The molecule has 2 unspecified atom stereocenters. The van der Waals surface area contributed by atoms with E-state index in [2.05, 4.69) is 32.2 Å². The number of benzene rings is 2. The van der Waals surface area contributed by atoms with Gasteiger partial charge in [0.1, 0.15) is 5.75 Å². The largest absolute Gasteiger partial charge is 0.508 e. The van der Waals surface area contributed by atoms with E-state index in [1.165, 1.54) is 5.56 Å². The average molecular weight is 392 g/mol. The van der Waals surface area contributed by atoms with Gasteiger partial charge in [-0.1, -0.05) is 32.9 Å². The lowest BCUT2D eigenvalue weighted by molar-refractivity contribution is -0.0266. The SMILES string of the molecule is CNC(=O)c1ccc(C(=O)N2CCC3(C)c4cccc(O)c4CC2C3(C)C)cc1. The van der Waals surface area contributed by atoms with Crippen LogP contribution in [0, 0.1) is 5.41 Å². The van der Waals surface area contributed by atoms with Gasteiger partial charge in [-0.3, -0.25) is 9.59 Å². The van der Waals surface area contributed by atoms with Gasteiger partial charge in [-0.05, 0) is 59.7 Å². The summed E-state index contributed by atoms with van der Waals surface area (Å²) in [6, 6.07) is 12.6. The van der Waals surface area contributed by atoms with E-state index >= 15 is 0 Å². The maximum Gasteiger partial charge on any atom is 0.254 e. The zero-order valence-electron chi connectivity index (χ0n) is 17.5. The molecule has 2 aromatic rings. The van der Waals surface area contributed by atoms with Crippen molar-refractivity contribution in [3.8, 4) is 5.75 Å². The molecule has 152 valence electrons. The number of likely N-dealkylation sites (tertiary alicyclic amines) is 1. The van der Waals surface area contributed by atoms with Crippen molar-refractivity contribution in [1.29, 1.82) is 0 Å². The van der Waals surface area contributed by atoms with Crippen molar-refractivity contribution >= 4 is 11.8 Å². The van der Waals surface area contributed by atoms with Crippen molar-refractivity contribution in [2.45, 2.75) is 45.1 Å². The van der Waals surface area contributed by atoms with Crippen molar-refractivity contribution in [3.05, 3.63) is 64.7 Å². The number of piperidine rings is 1. The van der Waals surface area contributed by atoms with Crippen molar-refractivity contribution < 1.29 is 14.7 Å². The minimum Gasteiger partial charge on any atom is -0.508 e. The summed E-state index contributed by atoms with van der Waals surface area (Å²) in [7, 11) is 1.59. The summed E-state index contributed by atoms with van der Waals surface area (Å²) in [4.78, 5) is 27.1. The number of carbonyl (C=O) groups excluding carboxylic acids is 2. The van der Waals surface area contributed by atoms with Crippen LogP contribution < -0.4 is 5.32 Å². The number of nitrogens with zero attached hydrogens (tertiary/aromatic N) is 1. The van der Waals surface area contributed by atoms with E-state index in [9.17, 15) is 14.7 Å². The maximum atomic E-state index is 13.4. The summed E-state index contributed by atoms with van der Waals surface area (Å²) < 4.78 is 0. The highest BCUT2D eigenvalue weighted by molar-refractivity contribution is 5.98. The van der Waals surface area contributed by atoms with E-state index in [4.69, 9.17) is 0 Å². The monoisotopic (exact) mass is 392 g/mol. The van der Waals surface area contributed by atoms with Gasteiger partial charge < -0.3 is 15.3 Å². The summed E-state index contributed by atoms with van der Waals surface area (Å²) in [5.41, 5.74) is 3.05. The van der Waals surface area contributed by atoms with E-state index in [-0.39, 0.29) is 28.7 Å². The first-order valence-electron chi connectivity index (χ1n) is 10.1. The molecule has 5 heteroatoms. The smallest absolute Gasteiger partial charge is 0.254 e. The van der Waals surface area contributed by atoms with Gasteiger partial charge in [0.15, 0.2) is 0 Å². The number of nitrogens with one attached hydrogen (secondary N) is 1. The maximum absolute atomic E-state index is 13.4. The van der Waals surface area contributed by atoms with Crippen LogP contribution in [0.4, 0.5) is 0 Å². The number of aromatic hydroxyl groups is 1. The van der Waals surface area contributed by atoms with Gasteiger partial charge in [0, 0.05) is 36.2 Å². The number of amides is 2. The molecule has 0 radical (unpaired) electrons. The first-order chi connectivity index (χ1) is 13.7. The molecule has 0 spiro atoms. The van der Waals surface area contributed by atoms with Crippen LogP contribution in [0.15, 0.2) is 42.5 Å². The highest BCUT2D eigenvalue weighted by atomic mass is 16.3. The lowest BCUT2D eigenvalue weighted by Crippen LogP contribution is -2.64. The third kappa shape index (κ3) is 2.75. The third-order valence-electron chi connectivity index (χ3n) is 7.51. The Bertz CT molecular complexity index is 980. The van der Waals surface area contributed by atoms with E-state index in [0.717, 1.165) is 12.0 Å². The minimum atomic E-state index is -0.168. The van der Waals surface area contributed by atoms with E-state index in [1.54, 1.807) is 37.4 Å².